The fourth-order valence-corrected chi connectivity index (χ4v) is 2.83. The van der Waals surface area contributed by atoms with E-state index in [1.807, 2.05) is 31.2 Å². The van der Waals surface area contributed by atoms with Gasteiger partial charge in [0.15, 0.2) is 0 Å². The first-order valence-electron chi connectivity index (χ1n) is 8.98. The minimum atomic E-state index is -0.368. The first kappa shape index (κ1) is 19.3. The van der Waals surface area contributed by atoms with Crippen LogP contribution in [0.15, 0.2) is 72.8 Å². The summed E-state index contributed by atoms with van der Waals surface area (Å²) in [5.74, 6) is -0.992. The molecule has 5 heteroatoms. The zero-order valence-electron chi connectivity index (χ0n) is 15.5. The molecule has 0 saturated carbocycles. The molecule has 0 heterocycles. The largest absolute Gasteiger partial charge is 0.348 e. The molecule has 0 aromatic heterocycles. The van der Waals surface area contributed by atoms with Crippen LogP contribution in [0.1, 0.15) is 37.4 Å². The summed E-state index contributed by atoms with van der Waals surface area (Å²) < 4.78 is 13.7. The van der Waals surface area contributed by atoms with E-state index in [9.17, 15) is 14.0 Å². The van der Waals surface area contributed by atoms with E-state index in [1.54, 1.807) is 36.4 Å². The Bertz CT molecular complexity index is 1000. The highest BCUT2D eigenvalue weighted by atomic mass is 19.1. The average molecular weight is 376 g/mol. The predicted octanol–water partition coefficient (Wildman–Crippen LogP) is 3.99. The second kappa shape index (κ2) is 8.95. The van der Waals surface area contributed by atoms with Gasteiger partial charge in [-0.25, -0.2) is 4.39 Å². The van der Waals surface area contributed by atoms with E-state index in [0.29, 0.717) is 23.2 Å². The molecule has 3 aromatic rings. The molecule has 3 rings (SSSR count). The lowest BCUT2D eigenvalue weighted by Crippen LogP contribution is -2.25. The van der Waals surface area contributed by atoms with Gasteiger partial charge in [0.25, 0.3) is 11.8 Å². The minimum absolute atomic E-state index is 0.0787. The normalized spacial score (nSPS) is 10.4. The smallest absolute Gasteiger partial charge is 0.251 e. The molecule has 0 bridgehead atoms. The van der Waals surface area contributed by atoms with Gasteiger partial charge in [-0.05, 0) is 36.8 Å². The highest BCUT2D eigenvalue weighted by Crippen LogP contribution is 2.09. The zero-order chi connectivity index (χ0) is 19.9. The molecule has 0 spiro atoms. The van der Waals surface area contributed by atoms with Crippen LogP contribution in [0.25, 0.3) is 0 Å². The first-order valence-corrected chi connectivity index (χ1v) is 8.98. The predicted molar refractivity (Wildman–Crippen MR) is 106 cm³/mol. The lowest BCUT2D eigenvalue weighted by molar-refractivity contribution is 0.0950. The molecular formula is C23H21FN2O2. The second-order valence-electron chi connectivity index (χ2n) is 6.53. The van der Waals surface area contributed by atoms with Crippen molar-refractivity contribution in [3.63, 3.8) is 0 Å². The summed E-state index contributed by atoms with van der Waals surface area (Å²) in [5.41, 5.74) is 3.28. The van der Waals surface area contributed by atoms with Crippen molar-refractivity contribution in [3.05, 3.63) is 106 Å². The van der Waals surface area contributed by atoms with Crippen LogP contribution in [0.5, 0.6) is 0 Å². The Morgan fingerprint density at radius 2 is 1.43 bits per heavy atom. The number of nitrogens with one attached hydrogen (secondary N) is 2. The Labute approximate surface area is 163 Å². The van der Waals surface area contributed by atoms with Gasteiger partial charge >= 0.3 is 0 Å². The Morgan fingerprint density at radius 3 is 2.11 bits per heavy atom. The molecule has 0 atom stereocenters. The van der Waals surface area contributed by atoms with Crippen molar-refractivity contribution in [2.24, 2.45) is 0 Å². The van der Waals surface area contributed by atoms with Crippen LogP contribution in [0.2, 0.25) is 0 Å². The van der Waals surface area contributed by atoms with Crippen molar-refractivity contribution in [2.45, 2.75) is 20.0 Å². The molecule has 142 valence electrons. The molecule has 2 amide bonds. The van der Waals surface area contributed by atoms with E-state index in [-0.39, 0.29) is 24.2 Å². The molecule has 2 N–H and O–H groups in total. The Balaban J connectivity index is 1.61. The maximum atomic E-state index is 13.7. The van der Waals surface area contributed by atoms with Gasteiger partial charge in [0.05, 0.1) is 0 Å². The van der Waals surface area contributed by atoms with Gasteiger partial charge in [0.1, 0.15) is 5.82 Å². The highest BCUT2D eigenvalue weighted by molar-refractivity contribution is 5.99. The zero-order valence-corrected chi connectivity index (χ0v) is 15.5. The van der Waals surface area contributed by atoms with Crippen molar-refractivity contribution < 1.29 is 14.0 Å². The molecule has 0 aliphatic carbocycles. The van der Waals surface area contributed by atoms with E-state index in [1.165, 1.54) is 12.1 Å². The number of carbonyl (C=O) groups is 2. The molecule has 0 saturated heterocycles. The Hall–Kier alpha value is -3.47. The quantitative estimate of drug-likeness (QED) is 0.683. The molecule has 0 unspecified atom stereocenters. The van der Waals surface area contributed by atoms with Crippen molar-refractivity contribution in [2.75, 3.05) is 0 Å². The third kappa shape index (κ3) is 5.04. The molecule has 0 aliphatic heterocycles. The fraction of sp³-hybridized carbons (Fsp3) is 0.130. The molecule has 28 heavy (non-hydrogen) atoms. The first-order chi connectivity index (χ1) is 13.5. The van der Waals surface area contributed by atoms with E-state index < -0.39 is 0 Å². The summed E-state index contributed by atoms with van der Waals surface area (Å²) >= 11 is 0. The second-order valence-corrected chi connectivity index (χ2v) is 6.53. The lowest BCUT2D eigenvalue weighted by atomic mass is 10.1. The van der Waals surface area contributed by atoms with Gasteiger partial charge in [0.2, 0.25) is 0 Å². The maximum absolute atomic E-state index is 13.7. The number of hydrogen-bond donors (Lipinski definition) is 2. The Kier molecular flexibility index (Phi) is 6.17. The van der Waals surface area contributed by atoms with E-state index in [4.69, 9.17) is 0 Å². The number of aryl methyl sites for hydroxylation is 1. The van der Waals surface area contributed by atoms with Crippen molar-refractivity contribution in [1.82, 2.24) is 10.6 Å². The summed E-state index contributed by atoms with van der Waals surface area (Å²) in [5, 5.41) is 5.53. The maximum Gasteiger partial charge on any atom is 0.251 e. The van der Waals surface area contributed by atoms with Crippen LogP contribution in [0, 0.1) is 12.7 Å². The van der Waals surface area contributed by atoms with E-state index in [0.717, 1.165) is 11.1 Å². The standard InChI is InChI=1S/C23H21FN2O2/c1-16-6-4-7-17(12-16)14-25-22(27)18-9-5-10-19(13-18)23(28)26-15-20-8-2-3-11-21(20)24/h2-13H,14-15H2,1H3,(H,25,27)(H,26,28). The summed E-state index contributed by atoms with van der Waals surface area (Å²) in [4.78, 5) is 24.8. The topological polar surface area (TPSA) is 58.2 Å². The van der Waals surface area contributed by atoms with Gasteiger partial charge in [-0.2, -0.15) is 0 Å². The fourth-order valence-electron chi connectivity index (χ4n) is 2.83. The third-order valence-corrected chi connectivity index (χ3v) is 4.32. The summed E-state index contributed by atoms with van der Waals surface area (Å²) in [6, 6.07) is 20.6. The van der Waals surface area contributed by atoms with E-state index >= 15 is 0 Å². The molecule has 0 fully saturated rings. The number of rotatable bonds is 6. The lowest BCUT2D eigenvalue weighted by Gasteiger charge is -2.09. The third-order valence-electron chi connectivity index (χ3n) is 4.32. The van der Waals surface area contributed by atoms with Crippen LogP contribution in [0.3, 0.4) is 0 Å². The number of amides is 2. The molecular weight excluding hydrogens is 355 g/mol. The monoisotopic (exact) mass is 376 g/mol. The summed E-state index contributed by atoms with van der Waals surface area (Å²) in [6.07, 6.45) is 0. The number of carbonyl (C=O) groups excluding carboxylic acids is 2. The van der Waals surface area contributed by atoms with E-state index in [2.05, 4.69) is 10.6 Å². The molecule has 3 aromatic carbocycles. The van der Waals surface area contributed by atoms with Crippen LogP contribution < -0.4 is 10.6 Å². The Morgan fingerprint density at radius 1 is 0.786 bits per heavy atom. The van der Waals surface area contributed by atoms with Gasteiger partial charge in [-0.3, -0.25) is 9.59 Å². The van der Waals surface area contributed by atoms with Gasteiger partial charge in [-0.1, -0.05) is 54.1 Å². The number of halogens is 1. The highest BCUT2D eigenvalue weighted by Gasteiger charge is 2.11. The van der Waals surface area contributed by atoms with Crippen molar-refractivity contribution in [1.29, 1.82) is 0 Å². The van der Waals surface area contributed by atoms with Crippen molar-refractivity contribution in [3.8, 4) is 0 Å². The van der Waals surface area contributed by atoms with Crippen molar-refractivity contribution >= 4 is 11.8 Å². The van der Waals surface area contributed by atoms with Crippen LogP contribution in [-0.2, 0) is 13.1 Å². The molecule has 0 aliphatic rings. The molecule has 4 nitrogen and oxygen atoms in total. The van der Waals surface area contributed by atoms with Crippen LogP contribution in [-0.4, -0.2) is 11.8 Å². The van der Waals surface area contributed by atoms with Gasteiger partial charge in [0, 0.05) is 29.8 Å². The van der Waals surface area contributed by atoms with Crippen LogP contribution in [0.4, 0.5) is 4.39 Å². The van der Waals surface area contributed by atoms with Crippen LogP contribution >= 0.6 is 0 Å². The van der Waals surface area contributed by atoms with Gasteiger partial charge < -0.3 is 10.6 Å². The summed E-state index contributed by atoms with van der Waals surface area (Å²) in [7, 11) is 0. The molecule has 0 radical (unpaired) electrons. The SMILES string of the molecule is Cc1cccc(CNC(=O)c2cccc(C(=O)NCc3ccccc3F)c2)c1. The minimum Gasteiger partial charge on any atom is -0.348 e. The number of hydrogen-bond acceptors (Lipinski definition) is 2. The average Bonchev–Trinajstić information content (AvgIpc) is 2.71. The number of benzene rings is 3. The summed E-state index contributed by atoms with van der Waals surface area (Å²) in [6.45, 7) is 2.48. The van der Waals surface area contributed by atoms with Gasteiger partial charge in [-0.15, -0.1) is 0 Å².